The fourth-order valence-corrected chi connectivity index (χ4v) is 2.34. The Kier molecular flexibility index (Phi) is 3.80. The first-order valence-corrected chi connectivity index (χ1v) is 6.74. The molecule has 18 heavy (non-hydrogen) atoms. The molecule has 0 spiro atoms. The Hall–Kier alpha value is -0.840. The van der Waals surface area contributed by atoms with Crippen molar-refractivity contribution in [3.8, 4) is 0 Å². The van der Waals surface area contributed by atoms with Crippen LogP contribution >= 0.6 is 0 Å². The highest BCUT2D eigenvalue weighted by Crippen LogP contribution is 2.33. The van der Waals surface area contributed by atoms with Crippen LogP contribution in [0.15, 0.2) is 0 Å². The molecular formula is C13H23FN2O2. The molecule has 0 unspecified atom stereocenters. The molecule has 1 saturated heterocycles. The molecule has 1 saturated carbocycles. The van der Waals surface area contributed by atoms with Crippen molar-refractivity contribution >= 4 is 6.09 Å². The highest BCUT2D eigenvalue weighted by atomic mass is 19.1. The lowest BCUT2D eigenvalue weighted by molar-refractivity contribution is -0.00118. The molecule has 1 amide bonds. The summed E-state index contributed by atoms with van der Waals surface area (Å²) in [6, 6.07) is -0.144. The van der Waals surface area contributed by atoms with Crippen LogP contribution in [0, 0.1) is 0 Å². The fourth-order valence-electron chi connectivity index (χ4n) is 2.34. The average Bonchev–Trinajstić information content (AvgIpc) is 3.03. The number of halogens is 1. The molecule has 2 aliphatic rings. The van der Waals surface area contributed by atoms with E-state index in [0.29, 0.717) is 13.0 Å². The normalized spacial score (nSPS) is 28.9. The van der Waals surface area contributed by atoms with Gasteiger partial charge in [0.15, 0.2) is 0 Å². The number of amides is 1. The third kappa shape index (κ3) is 3.34. The molecular weight excluding hydrogens is 235 g/mol. The maximum absolute atomic E-state index is 14.0. The Labute approximate surface area is 108 Å². The van der Waals surface area contributed by atoms with Crippen molar-refractivity contribution in [3.05, 3.63) is 0 Å². The first kappa shape index (κ1) is 13.6. The van der Waals surface area contributed by atoms with Crippen molar-refractivity contribution < 1.29 is 13.9 Å². The summed E-state index contributed by atoms with van der Waals surface area (Å²) in [4.78, 5) is 13.9. The maximum atomic E-state index is 14.0. The van der Waals surface area contributed by atoms with Crippen molar-refractivity contribution in [2.45, 2.75) is 63.9 Å². The predicted molar refractivity (Wildman–Crippen MR) is 67.3 cm³/mol. The van der Waals surface area contributed by atoms with Gasteiger partial charge in [-0.2, -0.15) is 0 Å². The summed E-state index contributed by atoms with van der Waals surface area (Å²) in [5.74, 6) is 0. The van der Waals surface area contributed by atoms with Gasteiger partial charge in [-0.3, -0.25) is 4.90 Å². The Morgan fingerprint density at radius 3 is 2.50 bits per heavy atom. The highest BCUT2D eigenvalue weighted by molar-refractivity contribution is 5.69. The number of alkyl halides is 1. The zero-order chi connectivity index (χ0) is 13.3. The van der Waals surface area contributed by atoms with Crippen LogP contribution in [-0.4, -0.2) is 47.9 Å². The quantitative estimate of drug-likeness (QED) is 0.824. The molecule has 2 atom stereocenters. The summed E-state index contributed by atoms with van der Waals surface area (Å²) >= 11 is 0. The molecule has 0 aromatic carbocycles. The van der Waals surface area contributed by atoms with Gasteiger partial charge in [-0.25, -0.2) is 9.18 Å². The molecule has 104 valence electrons. The van der Waals surface area contributed by atoms with Gasteiger partial charge >= 0.3 is 6.09 Å². The molecule has 4 nitrogen and oxygen atoms in total. The van der Waals surface area contributed by atoms with Crippen molar-refractivity contribution in [2.24, 2.45) is 0 Å². The molecule has 0 bridgehead atoms. The summed E-state index contributed by atoms with van der Waals surface area (Å²) in [6.07, 6.45) is 1.24. The lowest BCUT2D eigenvalue weighted by atomic mass is 10.0. The van der Waals surface area contributed by atoms with E-state index >= 15 is 0 Å². The van der Waals surface area contributed by atoms with E-state index in [-0.39, 0.29) is 18.2 Å². The van der Waals surface area contributed by atoms with E-state index in [1.54, 1.807) is 4.90 Å². The smallest absolute Gasteiger partial charge is 0.410 e. The first-order valence-electron chi connectivity index (χ1n) is 6.74. The largest absolute Gasteiger partial charge is 0.444 e. The second-order valence-electron chi connectivity index (χ2n) is 6.19. The Balaban J connectivity index is 2.05. The van der Waals surface area contributed by atoms with Crippen molar-refractivity contribution in [1.29, 1.82) is 0 Å². The van der Waals surface area contributed by atoms with Crippen LogP contribution in [-0.2, 0) is 4.74 Å². The second-order valence-corrected chi connectivity index (χ2v) is 6.19. The van der Waals surface area contributed by atoms with Crippen LogP contribution in [0.1, 0.15) is 40.0 Å². The van der Waals surface area contributed by atoms with Gasteiger partial charge in [0.1, 0.15) is 11.8 Å². The van der Waals surface area contributed by atoms with Gasteiger partial charge in [-0.1, -0.05) is 0 Å². The molecule has 1 aliphatic heterocycles. The summed E-state index contributed by atoms with van der Waals surface area (Å²) in [7, 11) is 0. The Morgan fingerprint density at radius 2 is 2.00 bits per heavy atom. The number of nitrogens with one attached hydrogen (secondary N) is 1. The van der Waals surface area contributed by atoms with Crippen molar-refractivity contribution in [2.75, 3.05) is 13.1 Å². The number of hydrogen-bond acceptors (Lipinski definition) is 3. The number of carbonyl (C=O) groups excluding carboxylic acids is 1. The van der Waals surface area contributed by atoms with Crippen molar-refractivity contribution in [3.63, 3.8) is 0 Å². The van der Waals surface area contributed by atoms with E-state index in [2.05, 4.69) is 5.32 Å². The van der Waals surface area contributed by atoms with Crippen LogP contribution in [0.5, 0.6) is 0 Å². The van der Waals surface area contributed by atoms with E-state index < -0.39 is 11.8 Å². The topological polar surface area (TPSA) is 41.6 Å². The van der Waals surface area contributed by atoms with E-state index in [9.17, 15) is 9.18 Å². The van der Waals surface area contributed by atoms with Gasteiger partial charge in [0.05, 0.1) is 6.04 Å². The van der Waals surface area contributed by atoms with E-state index in [4.69, 9.17) is 4.74 Å². The third-order valence-corrected chi connectivity index (χ3v) is 3.28. The molecule has 2 fully saturated rings. The zero-order valence-electron chi connectivity index (χ0n) is 11.4. The number of nitrogens with zero attached hydrogens (tertiary/aromatic N) is 1. The SMILES string of the molecule is CC(C)(C)OC(=O)N(C1CC1)[C@H]1CCNC[C@@H]1F. The third-order valence-electron chi connectivity index (χ3n) is 3.28. The van der Waals surface area contributed by atoms with Crippen LogP contribution in [0.3, 0.4) is 0 Å². The van der Waals surface area contributed by atoms with E-state index in [0.717, 1.165) is 19.4 Å². The predicted octanol–water partition coefficient (Wildman–Crippen LogP) is 2.09. The van der Waals surface area contributed by atoms with Crippen LogP contribution in [0.4, 0.5) is 9.18 Å². The average molecular weight is 258 g/mol. The number of rotatable bonds is 2. The van der Waals surface area contributed by atoms with E-state index in [1.807, 2.05) is 20.8 Å². The van der Waals surface area contributed by atoms with Crippen LogP contribution in [0.25, 0.3) is 0 Å². The van der Waals surface area contributed by atoms with Gasteiger partial charge in [-0.05, 0) is 46.6 Å². The minimum absolute atomic E-state index is 0.182. The standard InChI is InChI=1S/C13H23FN2O2/c1-13(2,3)18-12(17)16(9-4-5-9)11-6-7-15-8-10(11)14/h9-11,15H,4-8H2,1-3H3/t10-,11-/m0/s1. The molecule has 2 rings (SSSR count). The first-order chi connectivity index (χ1) is 8.38. The van der Waals surface area contributed by atoms with Gasteiger partial charge in [0.2, 0.25) is 0 Å². The number of carbonyl (C=O) groups is 1. The second kappa shape index (κ2) is 5.03. The van der Waals surface area contributed by atoms with Gasteiger partial charge in [0.25, 0.3) is 0 Å². The minimum atomic E-state index is -0.994. The van der Waals surface area contributed by atoms with Gasteiger partial charge in [0, 0.05) is 12.6 Å². The molecule has 1 aliphatic carbocycles. The summed E-state index contributed by atoms with van der Waals surface area (Å²) in [5.41, 5.74) is -0.525. The summed E-state index contributed by atoms with van der Waals surface area (Å²) in [5, 5.41) is 3.01. The fraction of sp³-hybridized carbons (Fsp3) is 0.923. The lowest BCUT2D eigenvalue weighted by Crippen LogP contribution is -2.54. The number of piperidine rings is 1. The van der Waals surface area contributed by atoms with Crippen molar-refractivity contribution in [1.82, 2.24) is 10.2 Å². The summed E-state index contributed by atoms with van der Waals surface area (Å²) in [6.45, 7) is 6.61. The molecule has 1 N–H and O–H groups in total. The molecule has 0 aromatic heterocycles. The monoisotopic (exact) mass is 258 g/mol. The molecule has 0 aromatic rings. The minimum Gasteiger partial charge on any atom is -0.444 e. The maximum Gasteiger partial charge on any atom is 0.410 e. The van der Waals surface area contributed by atoms with Crippen LogP contribution in [0.2, 0.25) is 0 Å². The van der Waals surface area contributed by atoms with Crippen LogP contribution < -0.4 is 5.32 Å². The molecule has 0 radical (unpaired) electrons. The molecule has 5 heteroatoms. The van der Waals surface area contributed by atoms with Gasteiger partial charge < -0.3 is 10.1 Å². The molecule has 1 heterocycles. The van der Waals surface area contributed by atoms with Gasteiger partial charge in [-0.15, -0.1) is 0 Å². The summed E-state index contributed by atoms with van der Waals surface area (Å²) < 4.78 is 19.4. The highest BCUT2D eigenvalue weighted by Gasteiger charge is 2.43. The van der Waals surface area contributed by atoms with E-state index in [1.165, 1.54) is 0 Å². The Bertz CT molecular complexity index is 313. The Morgan fingerprint density at radius 1 is 1.33 bits per heavy atom. The number of ether oxygens (including phenoxy) is 1. The lowest BCUT2D eigenvalue weighted by Gasteiger charge is -2.37. The number of hydrogen-bond donors (Lipinski definition) is 1. The zero-order valence-corrected chi connectivity index (χ0v) is 11.4.